The fourth-order valence-electron chi connectivity index (χ4n) is 4.77. The Morgan fingerprint density at radius 2 is 0.622 bits per heavy atom. The molecule has 0 atom stereocenters. The molecule has 4 aromatic rings. The number of rotatable bonds is 18. The number of phenols is 2. The summed E-state index contributed by atoms with van der Waals surface area (Å²) in [5.41, 5.74) is 0. The van der Waals surface area contributed by atoms with Gasteiger partial charge in [0.1, 0.15) is 23.0 Å². The van der Waals surface area contributed by atoms with E-state index in [0.717, 1.165) is 38.5 Å². The van der Waals surface area contributed by atoms with Crippen LogP contribution in [0.5, 0.6) is 23.0 Å². The molecule has 2 N–H and O–H groups in total. The van der Waals surface area contributed by atoms with Gasteiger partial charge in [-0.2, -0.15) is 0 Å². The summed E-state index contributed by atoms with van der Waals surface area (Å²) in [6.07, 6.45) is 9.88. The Bertz CT molecular complexity index is 1550. The van der Waals surface area contributed by atoms with Crippen molar-refractivity contribution in [2.24, 2.45) is 0 Å². The molecule has 0 bridgehead atoms. The molecule has 0 saturated heterocycles. The summed E-state index contributed by atoms with van der Waals surface area (Å²) >= 11 is 0. The van der Waals surface area contributed by atoms with E-state index in [9.17, 15) is 27.0 Å². The number of ether oxygens (including phenoxy) is 2. The van der Waals surface area contributed by atoms with Crippen LogP contribution in [0.15, 0.2) is 117 Å². The predicted octanol–water partition coefficient (Wildman–Crippen LogP) is 7.73. The number of phenolic OH excluding ortho intramolecular Hbond substituents is 2. The fraction of sp³-hybridized carbons (Fsp3) is 0.314. The van der Waals surface area contributed by atoms with Gasteiger partial charge in [-0.05, 0) is 110 Å². The predicted molar refractivity (Wildman–Crippen MR) is 173 cm³/mol. The summed E-state index contributed by atoms with van der Waals surface area (Å²) in [4.78, 5) is 0.626. The van der Waals surface area contributed by atoms with Crippen molar-refractivity contribution in [3.8, 4) is 23.0 Å². The zero-order valence-corrected chi connectivity index (χ0v) is 26.8. The molecule has 10 heteroatoms. The molecular weight excluding hydrogens is 613 g/mol. The van der Waals surface area contributed by atoms with E-state index in [0.29, 0.717) is 24.7 Å². The van der Waals surface area contributed by atoms with Crippen molar-refractivity contribution in [2.75, 3.05) is 13.2 Å². The first-order valence-electron chi connectivity index (χ1n) is 15.2. The highest BCUT2D eigenvalue weighted by atomic mass is 32.2. The second-order valence-electron chi connectivity index (χ2n) is 10.8. The topological polar surface area (TPSA) is 127 Å². The Kier molecular flexibility index (Phi) is 12.3. The zero-order chi connectivity index (χ0) is 32.1. The highest BCUT2D eigenvalue weighted by molar-refractivity contribution is 7.91. The van der Waals surface area contributed by atoms with E-state index in [4.69, 9.17) is 9.47 Å². The van der Waals surface area contributed by atoms with Crippen LogP contribution in [0.4, 0.5) is 0 Å². The molecule has 8 nitrogen and oxygen atoms in total. The van der Waals surface area contributed by atoms with Crippen molar-refractivity contribution in [3.05, 3.63) is 97.1 Å². The second kappa shape index (κ2) is 16.3. The van der Waals surface area contributed by atoms with Crippen LogP contribution in [-0.2, 0) is 19.7 Å². The smallest absolute Gasteiger partial charge is 0.206 e. The third-order valence-corrected chi connectivity index (χ3v) is 11.0. The van der Waals surface area contributed by atoms with E-state index in [1.165, 1.54) is 92.1 Å². The molecule has 0 radical (unpaired) electrons. The molecule has 240 valence electrons. The first-order chi connectivity index (χ1) is 21.7. The van der Waals surface area contributed by atoms with Gasteiger partial charge >= 0.3 is 0 Å². The van der Waals surface area contributed by atoms with Gasteiger partial charge in [0, 0.05) is 0 Å². The number of hydrogen-bond acceptors (Lipinski definition) is 8. The van der Waals surface area contributed by atoms with Gasteiger partial charge in [-0.1, -0.05) is 44.9 Å². The van der Waals surface area contributed by atoms with Crippen LogP contribution in [0.2, 0.25) is 0 Å². The molecule has 0 spiro atoms. The third-order valence-electron chi connectivity index (χ3n) is 7.39. The standard InChI is InChI=1S/C35H40O8S2/c36-28-10-18-32(19-11-28)44(38,39)34-22-14-30(15-23-34)42-26-8-6-4-2-1-3-5-7-9-27-43-31-16-24-35(25-17-31)45(40,41)33-20-12-29(37)13-21-33/h10-25,36-37H,1-9,26-27H2. The lowest BCUT2D eigenvalue weighted by Crippen LogP contribution is -2.02. The second-order valence-corrected chi connectivity index (χ2v) is 14.7. The Hall–Kier alpha value is -4.02. The van der Waals surface area contributed by atoms with Crippen LogP contribution in [-0.4, -0.2) is 40.3 Å². The summed E-state index contributed by atoms with van der Waals surface area (Å²) in [7, 11) is -7.28. The molecule has 0 aliphatic rings. The number of hydrogen-bond donors (Lipinski definition) is 2. The summed E-state index contributed by atoms with van der Waals surface area (Å²) < 4.78 is 62.4. The van der Waals surface area contributed by atoms with E-state index in [2.05, 4.69) is 0 Å². The molecule has 0 aliphatic carbocycles. The van der Waals surface area contributed by atoms with Gasteiger partial charge in [0.05, 0.1) is 32.8 Å². The minimum absolute atomic E-state index is 0.0177. The van der Waals surface area contributed by atoms with E-state index in [-0.39, 0.29) is 31.1 Å². The molecular formula is C35H40O8S2. The van der Waals surface area contributed by atoms with Crippen molar-refractivity contribution in [1.82, 2.24) is 0 Å². The highest BCUT2D eigenvalue weighted by Crippen LogP contribution is 2.26. The van der Waals surface area contributed by atoms with Crippen molar-refractivity contribution < 1.29 is 36.5 Å². The Morgan fingerprint density at radius 3 is 0.911 bits per heavy atom. The lowest BCUT2D eigenvalue weighted by molar-refractivity contribution is 0.302. The lowest BCUT2D eigenvalue weighted by atomic mass is 10.1. The van der Waals surface area contributed by atoms with Crippen LogP contribution in [0.1, 0.15) is 57.8 Å². The molecule has 0 fully saturated rings. The number of aromatic hydroxyl groups is 2. The summed E-state index contributed by atoms with van der Waals surface area (Å²) in [5, 5.41) is 18.8. The molecule has 4 rings (SSSR count). The highest BCUT2D eigenvalue weighted by Gasteiger charge is 2.18. The van der Waals surface area contributed by atoms with Crippen LogP contribution < -0.4 is 9.47 Å². The van der Waals surface area contributed by atoms with Gasteiger partial charge in [0.2, 0.25) is 19.7 Å². The molecule has 0 heterocycles. The minimum Gasteiger partial charge on any atom is -0.508 e. The molecule has 0 aliphatic heterocycles. The van der Waals surface area contributed by atoms with Crippen molar-refractivity contribution in [3.63, 3.8) is 0 Å². The quantitative estimate of drug-likeness (QED) is 0.105. The van der Waals surface area contributed by atoms with Crippen LogP contribution in [0.3, 0.4) is 0 Å². The molecule has 0 amide bonds. The maximum atomic E-state index is 12.7. The van der Waals surface area contributed by atoms with Gasteiger partial charge in [-0.15, -0.1) is 0 Å². The average Bonchev–Trinajstić information content (AvgIpc) is 3.04. The molecule has 4 aromatic carbocycles. The van der Waals surface area contributed by atoms with E-state index >= 15 is 0 Å². The fourth-order valence-corrected chi connectivity index (χ4v) is 7.30. The zero-order valence-electron chi connectivity index (χ0n) is 25.2. The van der Waals surface area contributed by atoms with Gasteiger partial charge in [-0.25, -0.2) is 16.8 Å². The Morgan fingerprint density at radius 1 is 0.378 bits per heavy atom. The van der Waals surface area contributed by atoms with Crippen LogP contribution >= 0.6 is 0 Å². The molecule has 45 heavy (non-hydrogen) atoms. The first-order valence-corrected chi connectivity index (χ1v) is 18.2. The van der Waals surface area contributed by atoms with Crippen molar-refractivity contribution in [1.29, 1.82) is 0 Å². The Balaban J connectivity index is 1.01. The number of unbranched alkanes of at least 4 members (excludes halogenated alkanes) is 8. The van der Waals surface area contributed by atoms with E-state index in [1.54, 1.807) is 24.3 Å². The largest absolute Gasteiger partial charge is 0.508 e. The van der Waals surface area contributed by atoms with Gasteiger partial charge < -0.3 is 19.7 Å². The maximum Gasteiger partial charge on any atom is 0.206 e. The van der Waals surface area contributed by atoms with Gasteiger partial charge in [-0.3, -0.25) is 0 Å². The monoisotopic (exact) mass is 652 g/mol. The van der Waals surface area contributed by atoms with Gasteiger partial charge in [0.15, 0.2) is 0 Å². The third kappa shape index (κ3) is 9.99. The number of sulfone groups is 2. The molecule has 0 unspecified atom stereocenters. The van der Waals surface area contributed by atoms with E-state index in [1.807, 2.05) is 0 Å². The summed E-state index contributed by atoms with van der Waals surface area (Å²) in [6, 6.07) is 23.8. The molecule has 0 aromatic heterocycles. The first kappa shape index (κ1) is 33.9. The lowest BCUT2D eigenvalue weighted by Gasteiger charge is -2.09. The molecule has 0 saturated carbocycles. The van der Waals surface area contributed by atoms with Gasteiger partial charge in [0.25, 0.3) is 0 Å². The summed E-state index contributed by atoms with van der Waals surface area (Å²) in [6.45, 7) is 1.17. The maximum absolute atomic E-state index is 12.7. The average molecular weight is 653 g/mol. The Labute approximate surface area is 266 Å². The van der Waals surface area contributed by atoms with E-state index < -0.39 is 19.7 Å². The van der Waals surface area contributed by atoms with Crippen LogP contribution in [0.25, 0.3) is 0 Å². The SMILES string of the molecule is O=S(=O)(c1ccc(O)cc1)c1ccc(OCCCCCCCCCCCOc2ccc(S(=O)(=O)c3ccc(O)cc3)cc2)cc1. The minimum atomic E-state index is -3.64. The van der Waals surface area contributed by atoms with Crippen molar-refractivity contribution in [2.45, 2.75) is 77.4 Å². The van der Waals surface area contributed by atoms with Crippen molar-refractivity contribution >= 4 is 19.7 Å². The number of benzene rings is 4. The normalized spacial score (nSPS) is 11.7. The van der Waals surface area contributed by atoms with Crippen LogP contribution in [0, 0.1) is 0 Å². The summed E-state index contributed by atoms with van der Waals surface area (Å²) in [5.74, 6) is 1.31.